The summed E-state index contributed by atoms with van der Waals surface area (Å²) in [5.41, 5.74) is 3.48. The number of para-hydroxylation sites is 2. The second kappa shape index (κ2) is 11.8. The first kappa shape index (κ1) is 27.1. The second-order valence-corrected chi connectivity index (χ2v) is 12.0. The molecule has 0 aliphatic carbocycles. The van der Waals surface area contributed by atoms with Crippen molar-refractivity contribution in [3.63, 3.8) is 0 Å². The summed E-state index contributed by atoms with van der Waals surface area (Å²) in [5.74, 6) is 1.14. The highest BCUT2D eigenvalue weighted by Gasteiger charge is 2.18. The molecule has 6 aromatic rings. The van der Waals surface area contributed by atoms with Crippen molar-refractivity contribution in [3.05, 3.63) is 128 Å². The third-order valence-corrected chi connectivity index (χ3v) is 8.05. The lowest BCUT2D eigenvalue weighted by Gasteiger charge is -2.07. The predicted octanol–water partition coefficient (Wildman–Crippen LogP) is 9.67. The highest BCUT2D eigenvalue weighted by Crippen LogP contribution is 2.33. The van der Waals surface area contributed by atoms with Gasteiger partial charge < -0.3 is 9.15 Å². The van der Waals surface area contributed by atoms with Crippen LogP contribution >= 0.6 is 43.2 Å². The molecule has 41 heavy (non-hydrogen) atoms. The van der Waals surface area contributed by atoms with Gasteiger partial charge in [-0.2, -0.15) is 0 Å². The van der Waals surface area contributed by atoms with Crippen molar-refractivity contribution in [3.8, 4) is 22.8 Å². The number of rotatable bonds is 6. The summed E-state index contributed by atoms with van der Waals surface area (Å²) in [6.45, 7) is 1.98. The number of ether oxygens (including phenoxy) is 1. The zero-order valence-corrected chi connectivity index (χ0v) is 25.6. The molecule has 1 amide bonds. The Labute approximate surface area is 256 Å². The number of nitrogens with zero attached hydrogens (tertiary/aromatic N) is 2. The molecular formula is C32H21Br2N3O3S. The molecule has 0 spiro atoms. The SMILES string of the molecule is Cc1sc(NC(=O)c2cc3cc(Br)cc(Br)c3oc2=Nc2ccccc2)nc1-c1ccc(Oc2ccccc2)cc1. The average molecular weight is 687 g/mol. The summed E-state index contributed by atoms with van der Waals surface area (Å²) in [6.07, 6.45) is 0. The van der Waals surface area contributed by atoms with E-state index in [-0.39, 0.29) is 11.5 Å². The van der Waals surface area contributed by atoms with Crippen LogP contribution in [0.2, 0.25) is 0 Å². The van der Waals surface area contributed by atoms with Crippen molar-refractivity contribution in [2.45, 2.75) is 6.92 Å². The second-order valence-electron chi connectivity index (χ2n) is 9.04. The van der Waals surface area contributed by atoms with Gasteiger partial charge in [0, 0.05) is 20.3 Å². The first-order valence-electron chi connectivity index (χ1n) is 12.6. The van der Waals surface area contributed by atoms with E-state index in [0.29, 0.717) is 22.0 Å². The molecule has 0 bridgehead atoms. The fourth-order valence-electron chi connectivity index (χ4n) is 4.22. The van der Waals surface area contributed by atoms with Crippen LogP contribution in [-0.2, 0) is 0 Å². The minimum atomic E-state index is -0.367. The molecular weight excluding hydrogens is 666 g/mol. The van der Waals surface area contributed by atoms with Gasteiger partial charge in [-0.05, 0) is 89.6 Å². The maximum absolute atomic E-state index is 13.6. The van der Waals surface area contributed by atoms with E-state index in [1.54, 1.807) is 6.07 Å². The molecule has 6 nitrogen and oxygen atoms in total. The Kier molecular flexibility index (Phi) is 7.82. The van der Waals surface area contributed by atoms with E-state index < -0.39 is 0 Å². The molecule has 0 saturated heterocycles. The third kappa shape index (κ3) is 6.17. The molecule has 4 aromatic carbocycles. The number of fused-ring (bicyclic) bond motifs is 1. The monoisotopic (exact) mass is 685 g/mol. The van der Waals surface area contributed by atoms with Crippen LogP contribution < -0.4 is 15.6 Å². The molecule has 0 aliphatic rings. The van der Waals surface area contributed by atoms with E-state index in [4.69, 9.17) is 14.1 Å². The highest BCUT2D eigenvalue weighted by atomic mass is 79.9. The van der Waals surface area contributed by atoms with Crippen molar-refractivity contribution in [2.75, 3.05) is 5.32 Å². The number of halogens is 2. The number of amides is 1. The number of aromatic nitrogens is 1. The summed E-state index contributed by atoms with van der Waals surface area (Å²) in [7, 11) is 0. The van der Waals surface area contributed by atoms with Crippen molar-refractivity contribution in [2.24, 2.45) is 4.99 Å². The molecule has 9 heteroatoms. The maximum Gasteiger partial charge on any atom is 0.262 e. The Morgan fingerprint density at radius 1 is 0.902 bits per heavy atom. The number of hydrogen-bond donors (Lipinski definition) is 1. The van der Waals surface area contributed by atoms with E-state index in [1.165, 1.54) is 11.3 Å². The smallest absolute Gasteiger partial charge is 0.262 e. The molecule has 0 saturated carbocycles. The summed E-state index contributed by atoms with van der Waals surface area (Å²) >= 11 is 8.47. The zero-order chi connectivity index (χ0) is 28.3. The van der Waals surface area contributed by atoms with Gasteiger partial charge in [-0.25, -0.2) is 9.98 Å². The van der Waals surface area contributed by atoms with Gasteiger partial charge in [-0.15, -0.1) is 11.3 Å². The van der Waals surface area contributed by atoms with Crippen molar-refractivity contribution >= 4 is 70.9 Å². The first-order chi connectivity index (χ1) is 19.9. The number of aryl methyl sites for hydroxylation is 1. The van der Waals surface area contributed by atoms with Gasteiger partial charge in [0.2, 0.25) is 5.55 Å². The molecule has 1 N–H and O–H groups in total. The Morgan fingerprint density at radius 2 is 1.59 bits per heavy atom. The van der Waals surface area contributed by atoms with Crippen LogP contribution in [0.3, 0.4) is 0 Å². The fraction of sp³-hybridized carbons (Fsp3) is 0.0312. The fourth-order valence-corrected chi connectivity index (χ4v) is 6.39. The summed E-state index contributed by atoms with van der Waals surface area (Å²) in [6, 6.07) is 32.3. The van der Waals surface area contributed by atoms with Crippen molar-refractivity contribution < 1.29 is 13.9 Å². The molecule has 0 atom stereocenters. The molecule has 6 rings (SSSR count). The first-order valence-corrected chi connectivity index (χ1v) is 15.0. The van der Waals surface area contributed by atoms with Gasteiger partial charge in [0.15, 0.2) is 10.7 Å². The number of hydrogen-bond acceptors (Lipinski definition) is 6. The molecule has 202 valence electrons. The maximum atomic E-state index is 13.6. The molecule has 0 fully saturated rings. The average Bonchev–Trinajstić information content (AvgIpc) is 3.34. The molecule has 2 aromatic heterocycles. The van der Waals surface area contributed by atoms with Gasteiger partial charge in [0.25, 0.3) is 5.91 Å². The summed E-state index contributed by atoms with van der Waals surface area (Å²) < 4.78 is 13.7. The van der Waals surface area contributed by atoms with Crippen LogP contribution in [0.15, 0.2) is 121 Å². The summed E-state index contributed by atoms with van der Waals surface area (Å²) in [5, 5.41) is 4.18. The Morgan fingerprint density at radius 3 is 2.32 bits per heavy atom. The normalized spacial score (nSPS) is 11.5. The van der Waals surface area contributed by atoms with Gasteiger partial charge in [-0.1, -0.05) is 52.3 Å². The topological polar surface area (TPSA) is 76.7 Å². The third-order valence-electron chi connectivity index (χ3n) is 6.12. The molecule has 0 radical (unpaired) electrons. The molecule has 2 heterocycles. The Bertz CT molecular complexity index is 1940. The van der Waals surface area contributed by atoms with Crippen LogP contribution in [-0.4, -0.2) is 10.9 Å². The van der Waals surface area contributed by atoms with E-state index in [0.717, 1.165) is 42.0 Å². The van der Waals surface area contributed by atoms with Crippen molar-refractivity contribution in [1.29, 1.82) is 0 Å². The Hall–Kier alpha value is -4.05. The van der Waals surface area contributed by atoms with Gasteiger partial charge >= 0.3 is 0 Å². The van der Waals surface area contributed by atoms with Gasteiger partial charge in [0.05, 0.1) is 15.9 Å². The number of carbonyl (C=O) groups excluding carboxylic acids is 1. The van der Waals surface area contributed by atoms with Crippen molar-refractivity contribution in [1.82, 2.24) is 4.98 Å². The number of nitrogens with one attached hydrogen (secondary N) is 1. The summed E-state index contributed by atoms with van der Waals surface area (Å²) in [4.78, 5) is 24.0. The Balaban J connectivity index is 1.31. The van der Waals surface area contributed by atoms with Crippen LogP contribution in [0.5, 0.6) is 11.5 Å². The quantitative estimate of drug-likeness (QED) is 0.189. The molecule has 0 aliphatic heterocycles. The van der Waals surface area contributed by atoms with Crippen LogP contribution in [0.25, 0.3) is 22.2 Å². The predicted molar refractivity (Wildman–Crippen MR) is 170 cm³/mol. The van der Waals surface area contributed by atoms with E-state index >= 15 is 0 Å². The number of anilines is 1. The lowest BCUT2D eigenvalue weighted by atomic mass is 10.1. The standard InChI is InChI=1S/C32H21Br2N3O3S/c1-19-28(20-12-14-25(15-13-20)39-24-10-6-3-7-11-24)36-32(41-19)37-30(38)26-17-21-16-22(33)18-27(34)29(21)40-31(26)35-23-8-4-2-5-9-23/h2-18H,1H3,(H,36,37,38). The van der Waals surface area contributed by atoms with Crippen LogP contribution in [0.4, 0.5) is 10.8 Å². The largest absolute Gasteiger partial charge is 0.457 e. The van der Waals surface area contributed by atoms with E-state index in [2.05, 4.69) is 42.2 Å². The lowest BCUT2D eigenvalue weighted by molar-refractivity contribution is 0.102. The lowest BCUT2D eigenvalue weighted by Crippen LogP contribution is -2.21. The number of carbonyl (C=O) groups is 1. The van der Waals surface area contributed by atoms with E-state index in [9.17, 15) is 4.79 Å². The number of benzene rings is 4. The minimum Gasteiger partial charge on any atom is -0.457 e. The van der Waals surface area contributed by atoms with Crippen LogP contribution in [0.1, 0.15) is 15.2 Å². The van der Waals surface area contributed by atoms with Crippen LogP contribution in [0, 0.1) is 6.92 Å². The zero-order valence-electron chi connectivity index (χ0n) is 21.6. The molecule has 0 unspecified atom stereocenters. The van der Waals surface area contributed by atoms with Gasteiger partial charge in [-0.3, -0.25) is 10.1 Å². The van der Waals surface area contributed by atoms with Gasteiger partial charge in [0.1, 0.15) is 17.1 Å². The minimum absolute atomic E-state index is 0.201. The van der Waals surface area contributed by atoms with E-state index in [1.807, 2.05) is 104 Å². The number of thiazole rings is 1. The highest BCUT2D eigenvalue weighted by molar-refractivity contribution is 9.11.